The molecule has 104 valence electrons. The van der Waals surface area contributed by atoms with Crippen LogP contribution in [0.2, 0.25) is 0 Å². The predicted octanol–water partition coefficient (Wildman–Crippen LogP) is 3.28. The molecule has 0 amide bonds. The fourth-order valence-corrected chi connectivity index (χ4v) is 3.81. The molecule has 1 N–H and O–H groups in total. The highest BCUT2D eigenvalue weighted by Crippen LogP contribution is 2.32. The number of aliphatic carboxylic acids is 1. The minimum absolute atomic E-state index is 0.337. The van der Waals surface area contributed by atoms with Crippen molar-refractivity contribution < 1.29 is 9.90 Å². The number of piperidine rings is 1. The Balaban J connectivity index is 1.91. The van der Waals surface area contributed by atoms with Crippen LogP contribution in [0.25, 0.3) is 0 Å². The first-order chi connectivity index (χ1) is 8.66. The Labute approximate surface area is 111 Å². The molecular formula is C15H27NO2. The van der Waals surface area contributed by atoms with Crippen LogP contribution in [0.1, 0.15) is 64.7 Å². The lowest BCUT2D eigenvalue weighted by atomic mass is 9.84. The molecule has 3 unspecified atom stereocenters. The van der Waals surface area contributed by atoms with Crippen molar-refractivity contribution >= 4 is 5.97 Å². The molecule has 0 radical (unpaired) electrons. The highest BCUT2D eigenvalue weighted by molar-refractivity contribution is 5.66. The first-order valence-electron chi connectivity index (χ1n) is 7.64. The second kappa shape index (κ2) is 6.55. The molecule has 18 heavy (non-hydrogen) atoms. The molecule has 0 aromatic carbocycles. The zero-order valence-corrected chi connectivity index (χ0v) is 11.6. The van der Waals surface area contributed by atoms with Crippen LogP contribution in [0.4, 0.5) is 0 Å². The van der Waals surface area contributed by atoms with Gasteiger partial charge in [-0.25, -0.2) is 0 Å². The molecular weight excluding hydrogens is 226 g/mol. The van der Waals surface area contributed by atoms with E-state index in [9.17, 15) is 4.79 Å². The van der Waals surface area contributed by atoms with Crippen molar-refractivity contribution in [3.63, 3.8) is 0 Å². The van der Waals surface area contributed by atoms with E-state index in [-0.39, 0.29) is 0 Å². The second-order valence-corrected chi connectivity index (χ2v) is 6.25. The summed E-state index contributed by atoms with van der Waals surface area (Å²) < 4.78 is 0. The van der Waals surface area contributed by atoms with E-state index in [0.29, 0.717) is 12.5 Å². The van der Waals surface area contributed by atoms with Crippen LogP contribution in [0.15, 0.2) is 0 Å². The molecule has 1 heterocycles. The van der Waals surface area contributed by atoms with Gasteiger partial charge in [-0.15, -0.1) is 0 Å². The van der Waals surface area contributed by atoms with E-state index < -0.39 is 5.97 Å². The molecule has 1 aliphatic carbocycles. The summed E-state index contributed by atoms with van der Waals surface area (Å²) in [5.41, 5.74) is 0. The fraction of sp³-hybridized carbons (Fsp3) is 0.933. The number of hydrogen-bond acceptors (Lipinski definition) is 2. The lowest BCUT2D eigenvalue weighted by Gasteiger charge is -2.44. The van der Waals surface area contributed by atoms with Gasteiger partial charge in [-0.2, -0.15) is 0 Å². The van der Waals surface area contributed by atoms with E-state index in [1.54, 1.807) is 0 Å². The number of carboxylic acids is 1. The molecule has 0 bridgehead atoms. The number of carbonyl (C=O) groups is 1. The Morgan fingerprint density at radius 2 is 2.06 bits per heavy atom. The quantitative estimate of drug-likeness (QED) is 0.836. The third kappa shape index (κ3) is 3.71. The molecule has 2 aliphatic rings. The Morgan fingerprint density at radius 3 is 2.78 bits per heavy atom. The summed E-state index contributed by atoms with van der Waals surface area (Å²) in [4.78, 5) is 13.4. The molecule has 3 atom stereocenters. The first kappa shape index (κ1) is 13.9. The molecule has 0 aromatic heterocycles. The molecule has 0 aromatic rings. The summed E-state index contributed by atoms with van der Waals surface area (Å²) >= 11 is 0. The van der Waals surface area contributed by atoms with E-state index in [0.717, 1.165) is 18.4 Å². The topological polar surface area (TPSA) is 40.5 Å². The lowest BCUT2D eigenvalue weighted by molar-refractivity contribution is -0.137. The Hall–Kier alpha value is -0.570. The number of hydrogen-bond donors (Lipinski definition) is 1. The molecule has 1 saturated carbocycles. The van der Waals surface area contributed by atoms with Crippen LogP contribution in [-0.4, -0.2) is 34.6 Å². The maximum atomic E-state index is 10.8. The van der Waals surface area contributed by atoms with E-state index in [4.69, 9.17) is 5.11 Å². The highest BCUT2D eigenvalue weighted by Gasteiger charge is 2.31. The van der Waals surface area contributed by atoms with Crippen LogP contribution < -0.4 is 0 Å². The van der Waals surface area contributed by atoms with Gasteiger partial charge in [0.25, 0.3) is 0 Å². The first-order valence-corrected chi connectivity index (χ1v) is 7.64. The van der Waals surface area contributed by atoms with Crippen LogP contribution in [0.5, 0.6) is 0 Å². The summed E-state index contributed by atoms with van der Waals surface area (Å²) in [5, 5.41) is 8.86. The minimum Gasteiger partial charge on any atom is -0.481 e. The zero-order valence-electron chi connectivity index (χ0n) is 11.6. The lowest BCUT2D eigenvalue weighted by Crippen LogP contribution is -2.48. The predicted molar refractivity (Wildman–Crippen MR) is 72.6 cm³/mol. The SMILES string of the molecule is CC1CCCC(N2CCCCC2CCC(=O)O)C1. The van der Waals surface area contributed by atoms with Crippen LogP contribution in [0, 0.1) is 5.92 Å². The molecule has 1 saturated heterocycles. The third-order valence-electron chi connectivity index (χ3n) is 4.74. The summed E-state index contributed by atoms with van der Waals surface area (Å²) in [5.74, 6) is 0.211. The van der Waals surface area contributed by atoms with Gasteiger partial charge in [0.15, 0.2) is 0 Å². The van der Waals surface area contributed by atoms with Crippen molar-refractivity contribution in [2.75, 3.05) is 6.54 Å². The number of rotatable bonds is 4. The summed E-state index contributed by atoms with van der Waals surface area (Å²) in [6.45, 7) is 3.56. The Bertz CT molecular complexity index is 280. The number of likely N-dealkylation sites (tertiary alicyclic amines) is 1. The van der Waals surface area contributed by atoms with Crippen LogP contribution >= 0.6 is 0 Å². The fourth-order valence-electron chi connectivity index (χ4n) is 3.81. The molecule has 1 aliphatic heterocycles. The van der Waals surface area contributed by atoms with Crippen molar-refractivity contribution in [3.8, 4) is 0 Å². The van der Waals surface area contributed by atoms with Gasteiger partial charge in [0, 0.05) is 18.5 Å². The molecule has 2 rings (SSSR count). The summed E-state index contributed by atoms with van der Waals surface area (Å²) in [6, 6.07) is 1.26. The van der Waals surface area contributed by atoms with E-state index in [1.165, 1.54) is 51.5 Å². The second-order valence-electron chi connectivity index (χ2n) is 6.25. The van der Waals surface area contributed by atoms with Gasteiger partial charge in [0.2, 0.25) is 0 Å². The number of carboxylic acid groups (broad SMARTS) is 1. The molecule has 2 fully saturated rings. The normalized spacial score (nSPS) is 34.4. The summed E-state index contributed by atoms with van der Waals surface area (Å²) in [6.07, 6.45) is 10.4. The van der Waals surface area contributed by atoms with Crippen molar-refractivity contribution in [1.29, 1.82) is 0 Å². The summed E-state index contributed by atoms with van der Waals surface area (Å²) in [7, 11) is 0. The van der Waals surface area contributed by atoms with Gasteiger partial charge in [-0.05, 0) is 44.6 Å². The van der Waals surface area contributed by atoms with Gasteiger partial charge in [0.05, 0.1) is 0 Å². The van der Waals surface area contributed by atoms with Gasteiger partial charge >= 0.3 is 5.97 Å². The van der Waals surface area contributed by atoms with E-state index >= 15 is 0 Å². The van der Waals surface area contributed by atoms with Gasteiger partial charge < -0.3 is 5.11 Å². The largest absolute Gasteiger partial charge is 0.481 e. The average molecular weight is 253 g/mol. The average Bonchev–Trinajstić information content (AvgIpc) is 2.36. The monoisotopic (exact) mass is 253 g/mol. The Kier molecular flexibility index (Phi) is 5.04. The van der Waals surface area contributed by atoms with Crippen molar-refractivity contribution in [1.82, 2.24) is 4.90 Å². The Morgan fingerprint density at radius 1 is 1.22 bits per heavy atom. The van der Waals surface area contributed by atoms with Crippen molar-refractivity contribution in [2.24, 2.45) is 5.92 Å². The van der Waals surface area contributed by atoms with E-state index in [1.807, 2.05) is 0 Å². The third-order valence-corrected chi connectivity index (χ3v) is 4.74. The van der Waals surface area contributed by atoms with Crippen LogP contribution in [-0.2, 0) is 4.79 Å². The standard InChI is InChI=1S/C15H27NO2/c1-12-5-4-7-14(11-12)16-10-3-2-6-13(16)8-9-15(17)18/h12-14H,2-11H2,1H3,(H,17,18). The highest BCUT2D eigenvalue weighted by atomic mass is 16.4. The molecule has 3 heteroatoms. The molecule has 0 spiro atoms. The minimum atomic E-state index is -0.641. The smallest absolute Gasteiger partial charge is 0.303 e. The van der Waals surface area contributed by atoms with Gasteiger partial charge in [0.1, 0.15) is 0 Å². The zero-order chi connectivity index (χ0) is 13.0. The van der Waals surface area contributed by atoms with Crippen molar-refractivity contribution in [3.05, 3.63) is 0 Å². The van der Waals surface area contributed by atoms with E-state index in [2.05, 4.69) is 11.8 Å². The maximum absolute atomic E-state index is 10.8. The van der Waals surface area contributed by atoms with Crippen molar-refractivity contribution in [2.45, 2.75) is 76.8 Å². The maximum Gasteiger partial charge on any atom is 0.303 e. The van der Waals surface area contributed by atoms with Gasteiger partial charge in [-0.1, -0.05) is 26.2 Å². The number of nitrogens with zero attached hydrogens (tertiary/aromatic N) is 1. The molecule has 3 nitrogen and oxygen atoms in total. The van der Waals surface area contributed by atoms with Gasteiger partial charge in [-0.3, -0.25) is 9.69 Å². The van der Waals surface area contributed by atoms with Crippen LogP contribution in [0.3, 0.4) is 0 Å².